The van der Waals surface area contributed by atoms with Crippen molar-refractivity contribution < 1.29 is 13.9 Å². The molecule has 0 aromatic heterocycles. The first-order chi connectivity index (χ1) is 11.2. The third-order valence-corrected chi connectivity index (χ3v) is 4.85. The third kappa shape index (κ3) is 3.72. The van der Waals surface area contributed by atoms with Gasteiger partial charge in [-0.05, 0) is 50.8 Å². The van der Waals surface area contributed by atoms with Crippen LogP contribution in [0, 0.1) is 5.82 Å². The van der Waals surface area contributed by atoms with Gasteiger partial charge in [0.2, 0.25) is 5.91 Å². The van der Waals surface area contributed by atoms with Crippen LogP contribution in [-0.2, 0) is 9.53 Å². The summed E-state index contributed by atoms with van der Waals surface area (Å²) in [5.41, 5.74) is 0.670. The smallest absolute Gasteiger partial charge is 0.244 e. The van der Waals surface area contributed by atoms with Crippen LogP contribution in [0.15, 0.2) is 24.3 Å². The Morgan fingerprint density at radius 2 is 2.00 bits per heavy atom. The van der Waals surface area contributed by atoms with E-state index < -0.39 is 0 Å². The Balaban J connectivity index is 1.66. The Labute approximate surface area is 137 Å². The molecule has 5 heteroatoms. The van der Waals surface area contributed by atoms with Crippen LogP contribution in [0.5, 0.6) is 0 Å². The minimum atomic E-state index is -0.296. The van der Waals surface area contributed by atoms with E-state index in [4.69, 9.17) is 4.74 Å². The van der Waals surface area contributed by atoms with Crippen molar-refractivity contribution in [1.82, 2.24) is 4.90 Å². The molecule has 2 fully saturated rings. The minimum absolute atomic E-state index is 0.0745. The van der Waals surface area contributed by atoms with Gasteiger partial charge in [-0.3, -0.25) is 9.69 Å². The lowest BCUT2D eigenvalue weighted by Crippen LogP contribution is -2.55. The molecule has 2 heterocycles. The molecule has 1 atom stereocenters. The van der Waals surface area contributed by atoms with Gasteiger partial charge in [-0.15, -0.1) is 0 Å². The molecule has 2 aliphatic heterocycles. The number of hydrogen-bond donors (Lipinski definition) is 0. The van der Waals surface area contributed by atoms with Crippen LogP contribution in [0.3, 0.4) is 0 Å². The van der Waals surface area contributed by atoms with Gasteiger partial charge < -0.3 is 9.64 Å². The Morgan fingerprint density at radius 3 is 2.70 bits per heavy atom. The predicted octanol–water partition coefficient (Wildman–Crippen LogP) is 2.82. The molecule has 23 heavy (non-hydrogen) atoms. The van der Waals surface area contributed by atoms with Gasteiger partial charge in [-0.1, -0.05) is 6.07 Å². The molecule has 1 aromatic carbocycles. The topological polar surface area (TPSA) is 32.8 Å². The number of carbonyl (C=O) groups is 1. The number of ether oxygens (including phenoxy) is 1. The van der Waals surface area contributed by atoms with E-state index >= 15 is 0 Å². The summed E-state index contributed by atoms with van der Waals surface area (Å²) in [6, 6.07) is 6.25. The fourth-order valence-electron chi connectivity index (χ4n) is 3.69. The standard InChI is InChI=1S/C18H25FN2O2/c1-2-23-16-8-11-20(12-9-16)17-7-4-10-21(18(17)22)15-6-3-5-14(19)13-15/h3,5-6,13,16-17H,2,4,7-12H2,1H3/t17-/m1/s1. The van der Waals surface area contributed by atoms with E-state index in [2.05, 4.69) is 4.90 Å². The predicted molar refractivity (Wildman–Crippen MR) is 88.0 cm³/mol. The van der Waals surface area contributed by atoms with E-state index in [1.54, 1.807) is 11.0 Å². The summed E-state index contributed by atoms with van der Waals surface area (Å²) < 4.78 is 19.1. The number of halogens is 1. The molecule has 126 valence electrons. The van der Waals surface area contributed by atoms with Gasteiger partial charge in [-0.25, -0.2) is 4.39 Å². The van der Waals surface area contributed by atoms with Crippen LogP contribution < -0.4 is 4.90 Å². The Hall–Kier alpha value is -1.46. The molecule has 4 nitrogen and oxygen atoms in total. The molecule has 3 rings (SSSR count). The number of nitrogens with zero attached hydrogens (tertiary/aromatic N) is 2. The van der Waals surface area contributed by atoms with E-state index in [1.165, 1.54) is 12.1 Å². The maximum absolute atomic E-state index is 13.5. The number of rotatable bonds is 4. The molecule has 0 radical (unpaired) electrons. The van der Waals surface area contributed by atoms with Gasteiger partial charge in [0.15, 0.2) is 0 Å². The maximum atomic E-state index is 13.5. The molecule has 2 saturated heterocycles. The van der Waals surface area contributed by atoms with Crippen LogP contribution in [-0.4, -0.2) is 49.2 Å². The van der Waals surface area contributed by atoms with E-state index in [0.717, 1.165) is 45.4 Å². The van der Waals surface area contributed by atoms with Crippen LogP contribution in [0.25, 0.3) is 0 Å². The summed E-state index contributed by atoms with van der Waals surface area (Å²) in [6.07, 6.45) is 4.14. The highest BCUT2D eigenvalue weighted by molar-refractivity contribution is 5.97. The largest absolute Gasteiger partial charge is 0.378 e. The fourth-order valence-corrected chi connectivity index (χ4v) is 3.69. The second kappa shape index (κ2) is 7.41. The van der Waals surface area contributed by atoms with E-state index in [9.17, 15) is 9.18 Å². The number of benzene rings is 1. The zero-order chi connectivity index (χ0) is 16.2. The number of hydrogen-bond acceptors (Lipinski definition) is 3. The van der Waals surface area contributed by atoms with Crippen molar-refractivity contribution in [2.45, 2.75) is 44.8 Å². The summed E-state index contributed by atoms with van der Waals surface area (Å²) in [7, 11) is 0. The molecular weight excluding hydrogens is 295 g/mol. The van der Waals surface area contributed by atoms with E-state index in [0.29, 0.717) is 18.3 Å². The number of anilines is 1. The lowest BCUT2D eigenvalue weighted by atomic mass is 9.98. The second-order valence-electron chi connectivity index (χ2n) is 6.32. The monoisotopic (exact) mass is 320 g/mol. The van der Waals surface area contributed by atoms with E-state index in [-0.39, 0.29) is 17.8 Å². The SMILES string of the molecule is CCOC1CCN([C@@H]2CCCN(c3cccc(F)c3)C2=O)CC1. The van der Waals surface area contributed by atoms with Crippen LogP contribution in [0.4, 0.5) is 10.1 Å². The Bertz CT molecular complexity index is 544. The molecule has 0 aliphatic carbocycles. The van der Waals surface area contributed by atoms with Gasteiger partial charge in [0, 0.05) is 31.9 Å². The molecule has 0 saturated carbocycles. The number of amides is 1. The lowest BCUT2D eigenvalue weighted by Gasteiger charge is -2.41. The average Bonchev–Trinajstić information content (AvgIpc) is 2.56. The maximum Gasteiger partial charge on any atom is 0.244 e. The minimum Gasteiger partial charge on any atom is -0.378 e. The van der Waals surface area contributed by atoms with Crippen molar-refractivity contribution in [3.05, 3.63) is 30.1 Å². The summed E-state index contributed by atoms with van der Waals surface area (Å²) in [4.78, 5) is 16.9. The summed E-state index contributed by atoms with van der Waals surface area (Å²) in [5, 5.41) is 0. The van der Waals surface area contributed by atoms with Crippen molar-refractivity contribution in [2.24, 2.45) is 0 Å². The van der Waals surface area contributed by atoms with Gasteiger partial charge >= 0.3 is 0 Å². The van der Waals surface area contributed by atoms with Gasteiger partial charge in [-0.2, -0.15) is 0 Å². The van der Waals surface area contributed by atoms with Crippen molar-refractivity contribution in [3.63, 3.8) is 0 Å². The zero-order valence-electron chi connectivity index (χ0n) is 13.7. The molecule has 0 N–H and O–H groups in total. The lowest BCUT2D eigenvalue weighted by molar-refractivity contribution is -0.126. The molecule has 0 unspecified atom stereocenters. The first-order valence-electron chi connectivity index (χ1n) is 8.61. The van der Waals surface area contributed by atoms with Crippen molar-refractivity contribution in [1.29, 1.82) is 0 Å². The molecule has 1 aromatic rings. The quantitative estimate of drug-likeness (QED) is 0.855. The number of likely N-dealkylation sites (tertiary alicyclic amines) is 1. The normalized spacial score (nSPS) is 24.2. The summed E-state index contributed by atoms with van der Waals surface area (Å²) in [6.45, 7) is 5.25. The van der Waals surface area contributed by atoms with Crippen molar-refractivity contribution >= 4 is 11.6 Å². The number of carbonyl (C=O) groups excluding carboxylic acids is 1. The van der Waals surface area contributed by atoms with Crippen LogP contribution in [0.2, 0.25) is 0 Å². The van der Waals surface area contributed by atoms with Crippen molar-refractivity contribution in [3.8, 4) is 0 Å². The average molecular weight is 320 g/mol. The molecule has 0 spiro atoms. The summed E-state index contributed by atoms with van der Waals surface area (Å²) >= 11 is 0. The Kier molecular flexibility index (Phi) is 5.28. The highest BCUT2D eigenvalue weighted by Gasteiger charge is 2.35. The van der Waals surface area contributed by atoms with Crippen LogP contribution >= 0.6 is 0 Å². The first kappa shape index (κ1) is 16.4. The highest BCUT2D eigenvalue weighted by Crippen LogP contribution is 2.26. The molecular formula is C18H25FN2O2. The Morgan fingerprint density at radius 1 is 1.22 bits per heavy atom. The fraction of sp³-hybridized carbons (Fsp3) is 0.611. The highest BCUT2D eigenvalue weighted by atomic mass is 19.1. The van der Waals surface area contributed by atoms with E-state index in [1.807, 2.05) is 13.0 Å². The van der Waals surface area contributed by atoms with Gasteiger partial charge in [0.1, 0.15) is 5.82 Å². The molecule has 2 aliphatic rings. The second-order valence-corrected chi connectivity index (χ2v) is 6.32. The number of piperidine rings is 2. The third-order valence-electron chi connectivity index (χ3n) is 4.85. The van der Waals surface area contributed by atoms with Gasteiger partial charge in [0.25, 0.3) is 0 Å². The molecule has 0 bridgehead atoms. The first-order valence-corrected chi connectivity index (χ1v) is 8.61. The van der Waals surface area contributed by atoms with Crippen LogP contribution in [0.1, 0.15) is 32.6 Å². The van der Waals surface area contributed by atoms with Gasteiger partial charge in [0.05, 0.1) is 12.1 Å². The van der Waals surface area contributed by atoms with Crippen molar-refractivity contribution in [2.75, 3.05) is 31.1 Å². The zero-order valence-corrected chi connectivity index (χ0v) is 13.7. The summed E-state index contributed by atoms with van der Waals surface area (Å²) in [5.74, 6) is -0.188. The molecule has 1 amide bonds.